The first-order chi connectivity index (χ1) is 13.1. The van der Waals surface area contributed by atoms with E-state index >= 15 is 0 Å². The number of pyridine rings is 1. The van der Waals surface area contributed by atoms with Gasteiger partial charge in [-0.05, 0) is 49.2 Å². The highest BCUT2D eigenvalue weighted by molar-refractivity contribution is 5.74. The monoisotopic (exact) mass is 370 g/mol. The number of benzene rings is 1. The van der Waals surface area contributed by atoms with E-state index < -0.39 is 0 Å². The molecule has 144 valence electrons. The highest BCUT2D eigenvalue weighted by Gasteiger charge is 2.22. The Bertz CT molecular complexity index is 723. The van der Waals surface area contributed by atoms with Crippen molar-refractivity contribution in [2.45, 2.75) is 31.8 Å². The quantitative estimate of drug-likeness (QED) is 0.850. The Hall–Kier alpha value is -2.47. The largest absolute Gasteiger partial charge is 0.334 e. The van der Waals surface area contributed by atoms with Crippen molar-refractivity contribution in [1.29, 1.82) is 0 Å². The van der Waals surface area contributed by atoms with Crippen LogP contribution in [0, 0.1) is 5.82 Å². The maximum atomic E-state index is 13.0. The molecule has 0 saturated carbocycles. The van der Waals surface area contributed by atoms with Gasteiger partial charge in [0.2, 0.25) is 0 Å². The molecule has 1 saturated heterocycles. The summed E-state index contributed by atoms with van der Waals surface area (Å²) < 4.78 is 13.0. The van der Waals surface area contributed by atoms with Crippen LogP contribution in [0.1, 0.15) is 24.1 Å². The Balaban J connectivity index is 1.44. The van der Waals surface area contributed by atoms with Crippen LogP contribution < -0.4 is 5.32 Å². The Morgan fingerprint density at radius 1 is 1.30 bits per heavy atom. The highest BCUT2D eigenvalue weighted by atomic mass is 19.1. The van der Waals surface area contributed by atoms with E-state index in [-0.39, 0.29) is 17.9 Å². The molecule has 1 atom stereocenters. The van der Waals surface area contributed by atoms with Gasteiger partial charge in [-0.1, -0.05) is 18.2 Å². The molecule has 1 aliphatic heterocycles. The third-order valence-electron chi connectivity index (χ3n) is 4.93. The summed E-state index contributed by atoms with van der Waals surface area (Å²) in [6, 6.07) is 12.6. The van der Waals surface area contributed by atoms with Gasteiger partial charge in [0.1, 0.15) is 5.82 Å². The molecule has 27 heavy (non-hydrogen) atoms. The van der Waals surface area contributed by atoms with Crippen LogP contribution in [0.4, 0.5) is 9.18 Å². The second kappa shape index (κ2) is 9.46. The summed E-state index contributed by atoms with van der Waals surface area (Å²) >= 11 is 0. The maximum Gasteiger partial charge on any atom is 0.317 e. The number of likely N-dealkylation sites (N-methyl/N-ethyl adjacent to an activating group) is 1. The van der Waals surface area contributed by atoms with Crippen LogP contribution in [-0.4, -0.2) is 53.5 Å². The number of urea groups is 1. The number of nitrogens with one attached hydrogen (secondary N) is 1. The van der Waals surface area contributed by atoms with Crippen LogP contribution in [0.5, 0.6) is 0 Å². The summed E-state index contributed by atoms with van der Waals surface area (Å²) in [7, 11) is 1.82. The number of nitrogens with zero attached hydrogens (tertiary/aromatic N) is 3. The highest BCUT2D eigenvalue weighted by Crippen LogP contribution is 2.14. The molecule has 0 aliphatic carbocycles. The normalized spacial score (nSPS) is 17.5. The van der Waals surface area contributed by atoms with Crippen LogP contribution in [0.3, 0.4) is 0 Å². The Morgan fingerprint density at radius 2 is 2.11 bits per heavy atom. The third-order valence-corrected chi connectivity index (χ3v) is 4.93. The number of hydrogen-bond acceptors (Lipinski definition) is 3. The first-order valence-corrected chi connectivity index (χ1v) is 9.48. The van der Waals surface area contributed by atoms with Gasteiger partial charge in [-0.25, -0.2) is 9.18 Å². The predicted octanol–water partition coefficient (Wildman–Crippen LogP) is 3.07. The van der Waals surface area contributed by atoms with Crippen molar-refractivity contribution < 1.29 is 9.18 Å². The third kappa shape index (κ3) is 6.03. The fourth-order valence-corrected chi connectivity index (χ4v) is 3.38. The van der Waals surface area contributed by atoms with E-state index in [1.54, 1.807) is 11.1 Å². The van der Waals surface area contributed by atoms with E-state index in [0.29, 0.717) is 6.54 Å². The average molecular weight is 370 g/mol. The van der Waals surface area contributed by atoms with Crippen molar-refractivity contribution in [3.05, 3.63) is 65.7 Å². The fraction of sp³-hybridized carbons (Fsp3) is 0.429. The van der Waals surface area contributed by atoms with Crippen LogP contribution in [-0.2, 0) is 13.0 Å². The summed E-state index contributed by atoms with van der Waals surface area (Å²) in [4.78, 5) is 20.8. The Kier molecular flexibility index (Phi) is 6.76. The van der Waals surface area contributed by atoms with Crippen LogP contribution in [0.25, 0.3) is 0 Å². The second-order valence-corrected chi connectivity index (χ2v) is 7.14. The minimum absolute atomic E-state index is 0.0421. The Morgan fingerprint density at radius 3 is 2.85 bits per heavy atom. The van der Waals surface area contributed by atoms with E-state index in [0.717, 1.165) is 50.2 Å². The second-order valence-electron chi connectivity index (χ2n) is 7.14. The molecule has 3 rings (SSSR count). The van der Waals surface area contributed by atoms with Gasteiger partial charge in [-0.2, -0.15) is 0 Å². The number of carbonyl (C=O) groups excluding carboxylic acids is 1. The number of halogens is 1. The SMILES string of the molecule is CN(CCc1ccccn1)C(=O)N[C@@H]1CCCN(Cc2ccc(F)cc2)C1. The van der Waals surface area contributed by atoms with E-state index in [2.05, 4.69) is 15.2 Å². The van der Waals surface area contributed by atoms with Crippen LogP contribution in [0.15, 0.2) is 48.7 Å². The van der Waals surface area contributed by atoms with Gasteiger partial charge >= 0.3 is 6.03 Å². The van der Waals surface area contributed by atoms with Gasteiger partial charge in [0, 0.05) is 51.0 Å². The van der Waals surface area contributed by atoms with E-state index in [1.165, 1.54) is 12.1 Å². The molecule has 1 aromatic carbocycles. The minimum Gasteiger partial charge on any atom is -0.334 e. The molecule has 0 radical (unpaired) electrons. The molecule has 6 heteroatoms. The first-order valence-electron chi connectivity index (χ1n) is 9.48. The van der Waals surface area contributed by atoms with E-state index in [9.17, 15) is 9.18 Å². The van der Waals surface area contributed by atoms with Crippen molar-refractivity contribution in [2.24, 2.45) is 0 Å². The number of rotatable bonds is 6. The molecule has 1 fully saturated rings. The molecule has 0 unspecified atom stereocenters. The number of amides is 2. The summed E-state index contributed by atoms with van der Waals surface area (Å²) in [5.74, 6) is -0.212. The zero-order valence-electron chi connectivity index (χ0n) is 15.8. The van der Waals surface area contributed by atoms with Gasteiger partial charge in [0.05, 0.1) is 0 Å². The van der Waals surface area contributed by atoms with Gasteiger partial charge < -0.3 is 10.2 Å². The van der Waals surface area contributed by atoms with E-state index in [4.69, 9.17) is 0 Å². The van der Waals surface area contributed by atoms with Gasteiger partial charge in [0.15, 0.2) is 0 Å². The molecule has 1 aliphatic rings. The first kappa shape index (κ1) is 19.3. The van der Waals surface area contributed by atoms with Crippen molar-refractivity contribution in [3.8, 4) is 0 Å². The van der Waals surface area contributed by atoms with Crippen molar-refractivity contribution in [3.63, 3.8) is 0 Å². The van der Waals surface area contributed by atoms with Gasteiger partial charge in [0.25, 0.3) is 0 Å². The van der Waals surface area contributed by atoms with Crippen LogP contribution in [0.2, 0.25) is 0 Å². The maximum absolute atomic E-state index is 13.0. The summed E-state index contributed by atoms with van der Waals surface area (Å²) in [5, 5.41) is 3.14. The molecule has 1 aromatic heterocycles. The molecule has 2 amide bonds. The molecule has 5 nitrogen and oxygen atoms in total. The lowest BCUT2D eigenvalue weighted by Gasteiger charge is -2.34. The summed E-state index contributed by atoms with van der Waals surface area (Å²) in [5.41, 5.74) is 2.08. The van der Waals surface area contributed by atoms with Crippen molar-refractivity contribution in [2.75, 3.05) is 26.7 Å². The molecule has 0 bridgehead atoms. The topological polar surface area (TPSA) is 48.5 Å². The lowest BCUT2D eigenvalue weighted by atomic mass is 10.0. The van der Waals surface area contributed by atoms with Gasteiger partial charge in [-0.15, -0.1) is 0 Å². The van der Waals surface area contributed by atoms with Gasteiger partial charge in [-0.3, -0.25) is 9.88 Å². The Labute approximate surface area is 160 Å². The minimum atomic E-state index is -0.212. The smallest absolute Gasteiger partial charge is 0.317 e. The molecular weight excluding hydrogens is 343 g/mol. The standard InChI is InChI=1S/C21H27FN4O/c1-25(14-11-19-5-2-3-12-23-19)21(27)24-20-6-4-13-26(16-20)15-17-7-9-18(22)10-8-17/h2-3,5,7-10,12,20H,4,6,11,13-16H2,1H3,(H,24,27)/t20-/m1/s1. The number of carbonyl (C=O) groups is 1. The zero-order chi connectivity index (χ0) is 19.1. The lowest BCUT2D eigenvalue weighted by Crippen LogP contribution is -2.50. The number of likely N-dealkylation sites (tertiary alicyclic amines) is 1. The predicted molar refractivity (Wildman–Crippen MR) is 104 cm³/mol. The fourth-order valence-electron chi connectivity index (χ4n) is 3.38. The van der Waals surface area contributed by atoms with Crippen molar-refractivity contribution >= 4 is 6.03 Å². The molecule has 2 aromatic rings. The molecule has 1 N–H and O–H groups in total. The van der Waals surface area contributed by atoms with Crippen molar-refractivity contribution in [1.82, 2.24) is 20.1 Å². The lowest BCUT2D eigenvalue weighted by molar-refractivity contribution is 0.168. The summed E-state index contributed by atoms with van der Waals surface area (Å²) in [6.45, 7) is 3.23. The number of aromatic nitrogens is 1. The van der Waals surface area contributed by atoms with Crippen LogP contribution >= 0.6 is 0 Å². The molecule has 0 spiro atoms. The number of hydrogen-bond donors (Lipinski definition) is 1. The van der Waals surface area contributed by atoms with E-state index in [1.807, 2.05) is 37.4 Å². The average Bonchev–Trinajstić information content (AvgIpc) is 2.69. The number of piperidine rings is 1. The molecular formula is C21H27FN4O. The molecule has 2 heterocycles. The summed E-state index contributed by atoms with van der Waals surface area (Å²) in [6.07, 6.45) is 4.54. The zero-order valence-corrected chi connectivity index (χ0v) is 15.8.